The van der Waals surface area contributed by atoms with Crippen molar-refractivity contribution in [3.8, 4) is 77.9 Å². The van der Waals surface area contributed by atoms with Gasteiger partial charge in [-0.3, -0.25) is 4.79 Å². The average Bonchev–Trinajstić information content (AvgIpc) is 1.61. The number of hydrogen-bond acceptors (Lipinski definition) is 6. The largest absolute Gasteiger partial charge is 0.354 e. The van der Waals surface area contributed by atoms with Gasteiger partial charge in [0.2, 0.25) is 0 Å². The predicted octanol–water partition coefficient (Wildman–Crippen LogP) is 32.9. The summed E-state index contributed by atoms with van der Waals surface area (Å²) in [4.78, 5) is 54.9. The summed E-state index contributed by atoms with van der Waals surface area (Å²) in [5, 5.41) is 0.0313. The molecule has 9 nitrogen and oxygen atoms in total. The minimum absolute atomic E-state index is 0.0313. The topological polar surface area (TPSA) is 132 Å². The van der Waals surface area contributed by atoms with E-state index in [1.807, 2.05) is 0 Å². The van der Waals surface area contributed by atoms with E-state index in [0.29, 0.717) is 0 Å². The average molecular weight is 1710 g/mol. The molecule has 656 valence electrons. The van der Waals surface area contributed by atoms with Gasteiger partial charge in [0.25, 0.3) is 0 Å². The first-order valence-corrected chi connectivity index (χ1v) is 46.7. The molecule has 0 atom stereocenters. The lowest BCUT2D eigenvalue weighted by Gasteiger charge is -2.26. The highest BCUT2D eigenvalue weighted by atomic mass is 32.2. The summed E-state index contributed by atoms with van der Waals surface area (Å²) in [5.41, 5.74) is 37.5. The zero-order valence-corrected chi connectivity index (χ0v) is 82.6. The summed E-state index contributed by atoms with van der Waals surface area (Å²) in [5.74, 6) is 0. The second kappa shape index (κ2) is 31.7. The van der Waals surface area contributed by atoms with Crippen molar-refractivity contribution in [2.45, 2.75) is 274 Å². The SMILES string of the molecule is CC(=O)Sc1ccc(-c2c3nc(c(-c4cc(C(C)(C)C)cc(C(C)(C)C)c4)c4ccc([nH]4)c(-c4c5nc(c(-c6cc(C(C)(C)C)cc(C(C)(C)C)c6)c6ccc([nH]6)c(-c6cc(C(C)(C)C)cc(C(C)(C)C)c6)c6nc(c(-c7cc(C(C)(C)C)cc(C(C)(C)C)c7)c7ccc4[nH]7)C=C6)C=C5)c4nc(c(-c5cc(C(C)(C)C)cc(C(C)(C)C)c5)c5ccc2[nH]5)C=C4)C=C3)cc1. The van der Waals surface area contributed by atoms with Crippen LogP contribution in [0, 0.1) is 0 Å². The van der Waals surface area contributed by atoms with Gasteiger partial charge < -0.3 is 19.9 Å². The minimum Gasteiger partial charge on any atom is -0.354 e. The van der Waals surface area contributed by atoms with Crippen LogP contribution < -0.4 is 0 Å². The van der Waals surface area contributed by atoms with Crippen molar-refractivity contribution in [1.82, 2.24) is 39.9 Å². The quantitative estimate of drug-likeness (QED) is 0.112. The molecule has 4 aliphatic rings. The van der Waals surface area contributed by atoms with Gasteiger partial charge in [-0.15, -0.1) is 0 Å². The molecule has 0 spiro atoms. The van der Waals surface area contributed by atoms with Crippen molar-refractivity contribution in [2.75, 3.05) is 0 Å². The Morgan fingerprint density at radius 1 is 0.203 bits per heavy atom. The van der Waals surface area contributed by atoms with Crippen molar-refractivity contribution in [3.05, 3.63) is 265 Å². The Morgan fingerprint density at radius 2 is 0.352 bits per heavy atom. The van der Waals surface area contributed by atoms with Crippen molar-refractivity contribution in [3.63, 3.8) is 0 Å². The van der Waals surface area contributed by atoms with Crippen LogP contribution in [0.3, 0.4) is 0 Å². The van der Waals surface area contributed by atoms with Crippen molar-refractivity contribution in [1.29, 1.82) is 0 Å². The summed E-state index contributed by atoms with van der Waals surface area (Å²) in [7, 11) is 0. The van der Waals surface area contributed by atoms with Crippen LogP contribution in [0.2, 0.25) is 0 Å². The van der Waals surface area contributed by atoms with Crippen LogP contribution in [0.15, 0.2) is 169 Å². The second-order valence-corrected chi connectivity index (χ2v) is 47.9. The lowest BCUT2D eigenvalue weighted by atomic mass is 9.78. The summed E-state index contributed by atoms with van der Waals surface area (Å²) in [6.45, 7) is 71.2. The molecule has 4 aliphatic heterocycles. The number of H-pyrrole nitrogens is 4. The zero-order chi connectivity index (χ0) is 92.4. The monoisotopic (exact) mass is 1710 g/mol. The molecule has 6 aromatic heterocycles. The van der Waals surface area contributed by atoms with E-state index in [2.05, 4.69) is 440 Å². The van der Waals surface area contributed by atoms with E-state index in [0.717, 1.165) is 172 Å². The lowest BCUT2D eigenvalue weighted by molar-refractivity contribution is -0.109. The van der Waals surface area contributed by atoms with Crippen LogP contribution in [-0.2, 0) is 58.9 Å². The first kappa shape index (κ1) is 89.9. The third-order valence-electron chi connectivity index (χ3n) is 25.9. The number of nitrogens with zero attached hydrogens (tertiary/aromatic N) is 4. The molecule has 0 fully saturated rings. The Hall–Kier alpha value is -11.5. The van der Waals surface area contributed by atoms with Crippen molar-refractivity contribution in [2.24, 2.45) is 0 Å². The van der Waals surface area contributed by atoms with Gasteiger partial charge >= 0.3 is 0 Å². The van der Waals surface area contributed by atoms with Crippen LogP contribution in [0.25, 0.3) is 171 Å². The summed E-state index contributed by atoms with van der Waals surface area (Å²) >= 11 is 1.24. The van der Waals surface area contributed by atoms with Gasteiger partial charge in [-0.2, -0.15) is 0 Å². The van der Waals surface area contributed by atoms with Gasteiger partial charge in [-0.25, -0.2) is 19.9 Å². The first-order chi connectivity index (χ1) is 59.5. The number of carbonyl (C=O) groups excluding carboxylic acids is 1. The van der Waals surface area contributed by atoms with Gasteiger partial charge in [0.15, 0.2) is 5.12 Å². The Balaban J connectivity index is 1.15. The highest BCUT2D eigenvalue weighted by Gasteiger charge is 2.33. The molecule has 16 bridgehead atoms. The van der Waals surface area contributed by atoms with Gasteiger partial charge in [-0.1, -0.05) is 323 Å². The molecule has 128 heavy (non-hydrogen) atoms. The zero-order valence-electron chi connectivity index (χ0n) is 81.8. The van der Waals surface area contributed by atoms with Crippen molar-refractivity contribution >= 4 is 110 Å². The molecule has 0 saturated carbocycles. The molecule has 4 N–H and O–H groups in total. The van der Waals surface area contributed by atoms with E-state index in [4.69, 9.17) is 19.9 Å². The fourth-order valence-electron chi connectivity index (χ4n) is 17.8. The predicted molar refractivity (Wildman–Crippen MR) is 553 cm³/mol. The molecule has 12 aromatic rings. The van der Waals surface area contributed by atoms with E-state index in [1.165, 1.54) is 67.4 Å². The number of aromatic nitrogens is 8. The number of hydrogen-bond donors (Lipinski definition) is 4. The highest BCUT2D eigenvalue weighted by Crippen LogP contribution is 2.49. The summed E-state index contributed by atoms with van der Waals surface area (Å²) in [6, 6.07) is 62.6. The summed E-state index contributed by atoms with van der Waals surface area (Å²) in [6.07, 6.45) is 17.9. The third-order valence-corrected chi connectivity index (χ3v) is 26.7. The Morgan fingerprint density at radius 3 is 0.508 bits per heavy atom. The molecule has 0 radical (unpaired) electrons. The standard InChI is InChI=1S/C118H132N8OS/c1-67(127)128-84-34-32-68(33-35-84)101-85-36-38-87(119-85)103(70-54-76(111(8,9)10)63-77(55-70)112(11,12)13)93-44-48-97(123-93)107(98-49-45-94(124-98)104(88-39-37-86(101)120-88)71-56-78(113(14,15)16)64-79(57-71)114(17,18)19)108-99-50-46-95(125-99)105(72-58-80(115(20,21)22)65-81(59-72)116(23,24)25)91-42-40-89(121-91)102(69-52-74(109(2,3)4)62-75(53-69)110(5,6)7)90-41-43-92(122-90)106(96-47-51-100(108)126-96)73-60-82(117(26,27)28)66-83(61-73)118(29,30)31/h32-66,119,121,124,126H,1-31H3. The number of nitrogens with one attached hydrogen (secondary N) is 4. The molecule has 0 amide bonds. The van der Waals surface area contributed by atoms with Gasteiger partial charge in [-0.05, 0) is 252 Å². The minimum atomic E-state index is -0.217. The number of fused-ring (bicyclic) bond motifs is 16. The molecule has 10 heteroatoms. The number of carbonyl (C=O) groups is 1. The first-order valence-electron chi connectivity index (χ1n) is 45.9. The molecule has 0 saturated heterocycles. The Labute approximate surface area is 765 Å². The Kier molecular flexibility index (Phi) is 22.3. The second-order valence-electron chi connectivity index (χ2n) is 46.6. The van der Waals surface area contributed by atoms with E-state index in [-0.39, 0.29) is 59.3 Å². The number of aromatic amines is 4. The van der Waals surface area contributed by atoms with E-state index in [1.54, 1.807) is 6.92 Å². The molecule has 10 heterocycles. The maximum absolute atomic E-state index is 12.7. The number of benzene rings is 6. The normalized spacial score (nSPS) is 13.7. The van der Waals surface area contributed by atoms with E-state index >= 15 is 0 Å². The fourth-order valence-corrected chi connectivity index (χ4v) is 18.4. The molecule has 6 aromatic carbocycles. The van der Waals surface area contributed by atoms with Crippen LogP contribution in [-0.4, -0.2) is 45.0 Å². The molecular formula is C118H132N8OS. The third kappa shape index (κ3) is 18.0. The summed E-state index contributed by atoms with van der Waals surface area (Å²) < 4.78 is 0. The molecular weight excluding hydrogens is 1580 g/mol. The van der Waals surface area contributed by atoms with Gasteiger partial charge in [0, 0.05) is 100 Å². The smallest absolute Gasteiger partial charge is 0.190 e. The van der Waals surface area contributed by atoms with Crippen LogP contribution in [0.4, 0.5) is 0 Å². The molecule has 0 unspecified atom stereocenters. The maximum Gasteiger partial charge on any atom is 0.190 e. The van der Waals surface area contributed by atoms with Gasteiger partial charge in [0.1, 0.15) is 0 Å². The maximum atomic E-state index is 12.7. The molecule has 0 aliphatic carbocycles. The number of rotatable bonds is 8. The number of thioether (sulfide) groups is 1. The molecule has 16 rings (SSSR count). The van der Waals surface area contributed by atoms with Crippen molar-refractivity contribution < 1.29 is 4.79 Å². The van der Waals surface area contributed by atoms with Crippen LogP contribution in [0.1, 0.15) is 316 Å². The van der Waals surface area contributed by atoms with Gasteiger partial charge in [0.05, 0.1) is 45.6 Å². The Bertz CT molecular complexity index is 6740. The van der Waals surface area contributed by atoms with E-state index < -0.39 is 0 Å². The lowest BCUT2D eigenvalue weighted by Crippen LogP contribution is -2.16. The van der Waals surface area contributed by atoms with Crippen LogP contribution >= 0.6 is 11.8 Å². The fraction of sp³-hybridized carbons (Fsp3) is 0.347. The van der Waals surface area contributed by atoms with E-state index in [9.17, 15) is 4.79 Å². The van der Waals surface area contributed by atoms with Crippen LogP contribution in [0.5, 0.6) is 0 Å². The highest BCUT2D eigenvalue weighted by molar-refractivity contribution is 8.13.